The van der Waals surface area contributed by atoms with Crippen molar-refractivity contribution in [1.29, 1.82) is 0 Å². The molecule has 7 nitrogen and oxygen atoms in total. The zero-order valence-corrected chi connectivity index (χ0v) is 18.8. The quantitative estimate of drug-likeness (QED) is 0.346. The molecule has 1 amide bonds. The number of anilines is 1. The first-order valence-electron chi connectivity index (χ1n) is 9.97. The second-order valence-corrected chi connectivity index (χ2v) is 8.26. The maximum absolute atomic E-state index is 12.4. The highest BCUT2D eigenvalue weighted by molar-refractivity contribution is 8.00. The van der Waals surface area contributed by atoms with Crippen LogP contribution < -0.4 is 5.32 Å². The molecule has 0 unspecified atom stereocenters. The molecule has 4 rings (SSSR count). The molecule has 0 saturated heterocycles. The second kappa shape index (κ2) is 9.23. The number of benzene rings is 2. The van der Waals surface area contributed by atoms with Gasteiger partial charge in [0.2, 0.25) is 5.91 Å². The Kier molecular flexibility index (Phi) is 6.23. The highest BCUT2D eigenvalue weighted by Gasteiger charge is 2.12. The molecule has 2 heterocycles. The second-order valence-electron chi connectivity index (χ2n) is 7.30. The lowest BCUT2D eigenvalue weighted by molar-refractivity contribution is -0.113. The zero-order valence-electron chi connectivity index (χ0n) is 18.0. The molecule has 0 aliphatic heterocycles. The van der Waals surface area contributed by atoms with Crippen molar-refractivity contribution in [2.75, 3.05) is 18.2 Å². The number of amides is 1. The fourth-order valence-corrected chi connectivity index (χ4v) is 3.97. The minimum Gasteiger partial charge on any atom is -0.465 e. The van der Waals surface area contributed by atoms with Crippen LogP contribution in [0.15, 0.2) is 66.0 Å². The molecular formula is C24H22N4O3S. The van der Waals surface area contributed by atoms with Gasteiger partial charge in [-0.1, -0.05) is 23.9 Å². The Morgan fingerprint density at radius 3 is 2.56 bits per heavy atom. The lowest BCUT2D eigenvalue weighted by Crippen LogP contribution is -2.14. The molecule has 162 valence electrons. The van der Waals surface area contributed by atoms with Gasteiger partial charge in [0.15, 0.2) is 0 Å². The van der Waals surface area contributed by atoms with E-state index in [2.05, 4.69) is 52.2 Å². The number of nitrogens with zero attached hydrogens (tertiary/aromatic N) is 3. The van der Waals surface area contributed by atoms with Crippen LogP contribution in [0.4, 0.5) is 5.69 Å². The van der Waals surface area contributed by atoms with Gasteiger partial charge in [-0.05, 0) is 61.4 Å². The summed E-state index contributed by atoms with van der Waals surface area (Å²) in [5, 5.41) is 8.22. The number of ether oxygens (including phenoxy) is 1. The predicted molar refractivity (Wildman–Crippen MR) is 125 cm³/mol. The van der Waals surface area contributed by atoms with Crippen LogP contribution in [0.1, 0.15) is 21.5 Å². The van der Waals surface area contributed by atoms with Crippen LogP contribution >= 0.6 is 11.8 Å². The minimum atomic E-state index is -0.418. The van der Waals surface area contributed by atoms with Gasteiger partial charge >= 0.3 is 5.97 Å². The van der Waals surface area contributed by atoms with Crippen LogP contribution in [0.25, 0.3) is 16.8 Å². The third kappa shape index (κ3) is 4.65. The average molecular weight is 447 g/mol. The normalized spacial score (nSPS) is 10.8. The Morgan fingerprint density at radius 2 is 1.84 bits per heavy atom. The van der Waals surface area contributed by atoms with E-state index in [0.717, 1.165) is 21.8 Å². The number of hydrogen-bond donors (Lipinski definition) is 1. The smallest absolute Gasteiger partial charge is 0.337 e. The number of aromatic nitrogens is 3. The van der Waals surface area contributed by atoms with Gasteiger partial charge in [0.05, 0.1) is 29.6 Å². The van der Waals surface area contributed by atoms with Crippen LogP contribution in [-0.2, 0) is 9.53 Å². The van der Waals surface area contributed by atoms with Crippen molar-refractivity contribution in [1.82, 2.24) is 14.6 Å². The number of carbonyl (C=O) groups excluding carboxylic acids is 2. The summed E-state index contributed by atoms with van der Waals surface area (Å²) in [5.74, 6) is -0.396. The number of rotatable bonds is 6. The maximum atomic E-state index is 12.4. The molecular weight excluding hydrogens is 424 g/mol. The number of carbonyl (C=O) groups is 2. The number of hydrogen-bond acceptors (Lipinski definition) is 6. The van der Waals surface area contributed by atoms with Crippen molar-refractivity contribution in [2.45, 2.75) is 18.9 Å². The van der Waals surface area contributed by atoms with Crippen LogP contribution in [0.5, 0.6) is 0 Å². The van der Waals surface area contributed by atoms with Gasteiger partial charge < -0.3 is 10.1 Å². The van der Waals surface area contributed by atoms with Gasteiger partial charge in [0.25, 0.3) is 0 Å². The molecule has 0 radical (unpaired) electrons. The average Bonchev–Trinajstić information content (AvgIpc) is 3.24. The Morgan fingerprint density at radius 1 is 1.06 bits per heavy atom. The standard InChI is InChI=1S/C24H22N4O3S/c1-15-4-5-18(12-16(15)2)20-13-21-23(25-10-11-28(21)27-20)32-14-22(29)26-19-8-6-17(7-9-19)24(30)31-3/h4-13H,14H2,1-3H3,(H,26,29). The van der Waals surface area contributed by atoms with Crippen molar-refractivity contribution in [3.8, 4) is 11.3 Å². The molecule has 2 aromatic carbocycles. The largest absolute Gasteiger partial charge is 0.465 e. The SMILES string of the molecule is COC(=O)c1ccc(NC(=O)CSc2nccn3nc(-c4ccc(C)c(C)c4)cc23)cc1. The topological polar surface area (TPSA) is 85.6 Å². The number of fused-ring (bicyclic) bond motifs is 1. The Labute approximate surface area is 189 Å². The Bertz CT molecular complexity index is 1300. The van der Waals surface area contributed by atoms with Gasteiger partial charge in [0.1, 0.15) is 5.03 Å². The van der Waals surface area contributed by atoms with E-state index in [0.29, 0.717) is 11.3 Å². The summed E-state index contributed by atoms with van der Waals surface area (Å²) in [5.41, 5.74) is 6.23. The minimum absolute atomic E-state index is 0.168. The first kappa shape index (κ1) is 21.6. The number of esters is 1. The van der Waals surface area contributed by atoms with Gasteiger partial charge in [0, 0.05) is 23.6 Å². The Balaban J connectivity index is 1.46. The highest BCUT2D eigenvalue weighted by atomic mass is 32.2. The number of aryl methyl sites for hydroxylation is 2. The van der Waals surface area contributed by atoms with Crippen molar-refractivity contribution < 1.29 is 14.3 Å². The lowest BCUT2D eigenvalue weighted by atomic mass is 10.0. The summed E-state index contributed by atoms with van der Waals surface area (Å²) in [7, 11) is 1.33. The van der Waals surface area contributed by atoms with Crippen molar-refractivity contribution in [2.24, 2.45) is 0 Å². The van der Waals surface area contributed by atoms with Gasteiger partial charge in [-0.15, -0.1) is 0 Å². The molecule has 1 N–H and O–H groups in total. The van der Waals surface area contributed by atoms with Gasteiger partial charge in [-0.25, -0.2) is 14.3 Å². The van der Waals surface area contributed by atoms with Crippen molar-refractivity contribution >= 4 is 34.8 Å². The van der Waals surface area contributed by atoms with Crippen LogP contribution in [0.2, 0.25) is 0 Å². The summed E-state index contributed by atoms with van der Waals surface area (Å²) in [6.45, 7) is 4.17. The number of methoxy groups -OCH3 is 1. The van der Waals surface area contributed by atoms with E-state index in [1.54, 1.807) is 41.2 Å². The molecule has 0 aliphatic rings. The van der Waals surface area contributed by atoms with Gasteiger partial charge in [-0.3, -0.25) is 4.79 Å². The van der Waals surface area contributed by atoms with E-state index in [-0.39, 0.29) is 11.7 Å². The molecule has 8 heteroatoms. The van der Waals surface area contributed by atoms with E-state index >= 15 is 0 Å². The highest BCUT2D eigenvalue weighted by Crippen LogP contribution is 2.27. The molecule has 0 spiro atoms. The summed E-state index contributed by atoms with van der Waals surface area (Å²) in [4.78, 5) is 28.4. The van der Waals surface area contributed by atoms with E-state index in [4.69, 9.17) is 0 Å². The number of nitrogens with one attached hydrogen (secondary N) is 1. The van der Waals surface area contributed by atoms with E-state index in [1.165, 1.54) is 30.0 Å². The number of thioether (sulfide) groups is 1. The zero-order chi connectivity index (χ0) is 22.7. The first-order valence-corrected chi connectivity index (χ1v) is 11.0. The van der Waals surface area contributed by atoms with Crippen molar-refractivity contribution in [3.05, 3.63) is 77.6 Å². The molecule has 32 heavy (non-hydrogen) atoms. The fourth-order valence-electron chi connectivity index (χ4n) is 3.19. The molecule has 0 saturated carbocycles. The van der Waals surface area contributed by atoms with E-state index in [1.807, 2.05) is 6.07 Å². The van der Waals surface area contributed by atoms with Gasteiger partial charge in [-0.2, -0.15) is 5.10 Å². The van der Waals surface area contributed by atoms with Crippen LogP contribution in [0, 0.1) is 13.8 Å². The Hall–Kier alpha value is -3.65. The van der Waals surface area contributed by atoms with Crippen LogP contribution in [0.3, 0.4) is 0 Å². The molecule has 0 fully saturated rings. The molecule has 2 aromatic heterocycles. The third-order valence-corrected chi connectivity index (χ3v) is 6.08. The fraction of sp³-hybridized carbons (Fsp3) is 0.167. The first-order chi connectivity index (χ1) is 15.4. The predicted octanol–water partition coefficient (Wildman–Crippen LogP) is 4.53. The molecule has 0 atom stereocenters. The third-order valence-electron chi connectivity index (χ3n) is 5.09. The summed E-state index contributed by atoms with van der Waals surface area (Å²) < 4.78 is 6.46. The van der Waals surface area contributed by atoms with E-state index < -0.39 is 5.97 Å². The van der Waals surface area contributed by atoms with E-state index in [9.17, 15) is 9.59 Å². The summed E-state index contributed by atoms with van der Waals surface area (Å²) >= 11 is 1.34. The molecule has 0 bridgehead atoms. The lowest BCUT2D eigenvalue weighted by Gasteiger charge is -2.06. The summed E-state index contributed by atoms with van der Waals surface area (Å²) in [6, 6.07) is 14.8. The summed E-state index contributed by atoms with van der Waals surface area (Å²) in [6.07, 6.45) is 3.48. The monoisotopic (exact) mass is 446 g/mol. The van der Waals surface area contributed by atoms with Crippen LogP contribution in [-0.4, -0.2) is 39.3 Å². The maximum Gasteiger partial charge on any atom is 0.337 e. The molecule has 4 aromatic rings. The molecule has 0 aliphatic carbocycles. The van der Waals surface area contributed by atoms with Crippen molar-refractivity contribution in [3.63, 3.8) is 0 Å².